The molecule has 0 spiro atoms. The maximum absolute atomic E-state index is 12.0. The molecule has 0 aliphatic heterocycles. The van der Waals surface area contributed by atoms with E-state index in [0.717, 1.165) is 4.90 Å². The van der Waals surface area contributed by atoms with Gasteiger partial charge in [0.25, 0.3) is 5.91 Å². The van der Waals surface area contributed by atoms with Crippen LogP contribution < -0.4 is 16.8 Å². The highest BCUT2D eigenvalue weighted by Gasteiger charge is 2.38. The third kappa shape index (κ3) is 13.7. The summed E-state index contributed by atoms with van der Waals surface area (Å²) in [4.78, 5) is 30.8. The van der Waals surface area contributed by atoms with Gasteiger partial charge >= 0.3 is 24.3 Å². The average molecular weight is 569 g/mol. The Bertz CT molecular complexity index is 1120. The summed E-state index contributed by atoms with van der Waals surface area (Å²) < 4.78 is 63.5. The lowest BCUT2D eigenvalue weighted by Crippen LogP contribution is -2.25. The molecule has 9 N–H and O–H groups in total. The molecule has 2 aromatic carbocycles. The number of amides is 1. The van der Waals surface area contributed by atoms with Gasteiger partial charge in [0.2, 0.25) is 0 Å². The van der Waals surface area contributed by atoms with Gasteiger partial charge in [-0.2, -0.15) is 26.3 Å². The number of carbonyl (C=O) groups is 3. The molecule has 0 bridgehead atoms. The van der Waals surface area contributed by atoms with Crippen molar-refractivity contribution in [1.82, 2.24) is 5.32 Å². The highest BCUT2D eigenvalue weighted by Crippen LogP contribution is 2.18. The topological polar surface area (TPSA) is 203 Å². The van der Waals surface area contributed by atoms with E-state index in [9.17, 15) is 31.1 Å². The third-order valence-corrected chi connectivity index (χ3v) is 4.74. The number of benzene rings is 2. The molecule has 0 aromatic heterocycles. The molecule has 2 aromatic rings. The first kappa shape index (κ1) is 33.7. The molecule has 0 aliphatic carbocycles. The van der Waals surface area contributed by atoms with Crippen molar-refractivity contribution in [3.63, 3.8) is 0 Å². The Kier molecular flexibility index (Phi) is 13.4. The Labute approximate surface area is 215 Å². The Hall–Kier alpha value is -4.28. The number of amidine groups is 2. The maximum Gasteiger partial charge on any atom is 0.490 e. The van der Waals surface area contributed by atoms with E-state index in [-0.39, 0.29) is 17.6 Å². The van der Waals surface area contributed by atoms with Crippen LogP contribution in [0.25, 0.3) is 0 Å². The van der Waals surface area contributed by atoms with E-state index in [4.69, 9.17) is 42.1 Å². The van der Waals surface area contributed by atoms with Crippen molar-refractivity contribution in [3.8, 4) is 0 Å². The van der Waals surface area contributed by atoms with Gasteiger partial charge in [-0.3, -0.25) is 15.6 Å². The van der Waals surface area contributed by atoms with Crippen molar-refractivity contribution in [2.24, 2.45) is 11.5 Å². The zero-order valence-electron chi connectivity index (χ0n) is 19.0. The quantitative estimate of drug-likeness (QED) is 0.0866. The van der Waals surface area contributed by atoms with Crippen LogP contribution in [-0.2, 0) is 9.59 Å². The van der Waals surface area contributed by atoms with Crippen molar-refractivity contribution in [3.05, 3.63) is 65.2 Å². The van der Waals surface area contributed by atoms with Gasteiger partial charge in [-0.05, 0) is 24.3 Å². The molecule has 208 valence electrons. The van der Waals surface area contributed by atoms with E-state index in [1.54, 1.807) is 42.1 Å². The van der Waals surface area contributed by atoms with E-state index in [0.29, 0.717) is 29.0 Å². The van der Waals surface area contributed by atoms with E-state index in [1.807, 2.05) is 18.2 Å². The Morgan fingerprint density at radius 2 is 1.21 bits per heavy atom. The van der Waals surface area contributed by atoms with Crippen LogP contribution in [0.15, 0.2) is 53.4 Å². The van der Waals surface area contributed by atoms with Crippen LogP contribution in [0.3, 0.4) is 0 Å². The number of halogens is 6. The van der Waals surface area contributed by atoms with Gasteiger partial charge in [-0.1, -0.05) is 24.3 Å². The summed E-state index contributed by atoms with van der Waals surface area (Å²) >= 11 is 1.58. The third-order valence-electron chi connectivity index (χ3n) is 3.74. The minimum atomic E-state index is -5.08. The highest BCUT2D eigenvalue weighted by molar-refractivity contribution is 7.99. The second kappa shape index (κ2) is 15.1. The van der Waals surface area contributed by atoms with E-state index < -0.39 is 24.3 Å². The maximum atomic E-state index is 12.0. The first-order valence-corrected chi connectivity index (χ1v) is 10.7. The van der Waals surface area contributed by atoms with Gasteiger partial charge in [-0.15, -0.1) is 11.8 Å². The molecule has 2 rings (SSSR count). The smallest absolute Gasteiger partial charge is 0.475 e. The number of carboxylic acids is 2. The first-order valence-electron chi connectivity index (χ1n) is 9.76. The van der Waals surface area contributed by atoms with Crippen LogP contribution in [0.4, 0.5) is 26.3 Å². The van der Waals surface area contributed by atoms with Gasteiger partial charge in [0.05, 0.1) is 0 Å². The normalized spacial score (nSPS) is 10.6. The molecular formula is C21H21F6N5O5S. The number of hydrogen-bond acceptors (Lipinski definition) is 6. The summed E-state index contributed by atoms with van der Waals surface area (Å²) in [7, 11) is 0. The van der Waals surface area contributed by atoms with Crippen molar-refractivity contribution in [2.45, 2.75) is 17.2 Å². The zero-order valence-corrected chi connectivity index (χ0v) is 19.8. The second-order valence-corrected chi connectivity index (χ2v) is 7.81. The monoisotopic (exact) mass is 569 g/mol. The summed E-state index contributed by atoms with van der Waals surface area (Å²) in [5.74, 6) is -4.95. The Balaban J connectivity index is 0.000000804. The summed E-state index contributed by atoms with van der Waals surface area (Å²) in [5, 5.41) is 31.8. The van der Waals surface area contributed by atoms with Gasteiger partial charge in [-0.25, -0.2) is 9.59 Å². The van der Waals surface area contributed by atoms with E-state index in [2.05, 4.69) is 5.32 Å². The van der Waals surface area contributed by atoms with Gasteiger partial charge in [0, 0.05) is 33.9 Å². The van der Waals surface area contributed by atoms with Crippen LogP contribution in [0.5, 0.6) is 0 Å². The van der Waals surface area contributed by atoms with Gasteiger partial charge in [0.1, 0.15) is 11.7 Å². The number of carboxylic acid groups (broad SMARTS) is 2. The molecule has 10 nitrogen and oxygen atoms in total. The molecule has 0 heterocycles. The fourth-order valence-electron chi connectivity index (χ4n) is 1.99. The predicted molar refractivity (Wildman–Crippen MR) is 125 cm³/mol. The lowest BCUT2D eigenvalue weighted by molar-refractivity contribution is -0.193. The summed E-state index contributed by atoms with van der Waals surface area (Å²) in [6.45, 7) is 0.516. The number of aliphatic carboxylic acids is 2. The van der Waals surface area contributed by atoms with E-state index >= 15 is 0 Å². The lowest BCUT2D eigenvalue weighted by Gasteiger charge is -2.07. The van der Waals surface area contributed by atoms with Crippen molar-refractivity contribution in [2.75, 3.05) is 12.3 Å². The number of carbonyl (C=O) groups excluding carboxylic acids is 1. The molecule has 0 radical (unpaired) electrons. The average Bonchev–Trinajstić information content (AvgIpc) is 2.81. The molecule has 0 fully saturated rings. The number of nitrogen functional groups attached to an aromatic ring is 2. The van der Waals surface area contributed by atoms with Crippen LogP contribution in [0, 0.1) is 10.8 Å². The molecule has 0 aliphatic rings. The molecule has 38 heavy (non-hydrogen) atoms. The van der Waals surface area contributed by atoms with Gasteiger partial charge in [0.15, 0.2) is 0 Å². The minimum Gasteiger partial charge on any atom is -0.475 e. The SMILES string of the molecule is N=C(N)c1ccc(C(=O)NCCSc2cccc(C(=N)N)c2)cc1.O=C(O)C(F)(F)F.O=C(O)C(F)(F)F. The minimum absolute atomic E-state index is 0.0221. The summed E-state index contributed by atoms with van der Waals surface area (Å²) in [5.41, 5.74) is 12.7. The Morgan fingerprint density at radius 3 is 1.61 bits per heavy atom. The molecule has 0 saturated carbocycles. The molecule has 0 atom stereocenters. The second-order valence-electron chi connectivity index (χ2n) is 6.64. The van der Waals surface area contributed by atoms with Gasteiger partial charge < -0.3 is 27.0 Å². The van der Waals surface area contributed by atoms with Crippen LogP contribution >= 0.6 is 11.8 Å². The van der Waals surface area contributed by atoms with Crippen LogP contribution in [-0.4, -0.2) is 64.4 Å². The fourth-order valence-corrected chi connectivity index (χ4v) is 2.82. The zero-order chi connectivity index (χ0) is 29.7. The molecule has 1 amide bonds. The summed E-state index contributed by atoms with van der Waals surface area (Å²) in [6, 6.07) is 14.0. The first-order chi connectivity index (χ1) is 17.4. The van der Waals surface area contributed by atoms with Crippen molar-refractivity contribution in [1.29, 1.82) is 10.8 Å². The molecule has 17 heteroatoms. The van der Waals surface area contributed by atoms with Crippen molar-refractivity contribution < 1.29 is 50.9 Å². The number of thioether (sulfide) groups is 1. The molecular weight excluding hydrogens is 548 g/mol. The number of hydrogen-bond donors (Lipinski definition) is 7. The molecule has 0 unspecified atom stereocenters. The van der Waals surface area contributed by atoms with Crippen LogP contribution in [0.1, 0.15) is 21.5 Å². The van der Waals surface area contributed by atoms with Crippen molar-refractivity contribution >= 4 is 41.3 Å². The highest BCUT2D eigenvalue weighted by atomic mass is 32.2. The number of rotatable bonds is 7. The number of nitrogens with two attached hydrogens (primary N) is 2. The van der Waals surface area contributed by atoms with Crippen LogP contribution in [0.2, 0.25) is 0 Å². The molecule has 0 saturated heterocycles. The largest absolute Gasteiger partial charge is 0.490 e. The predicted octanol–water partition coefficient (Wildman–Crippen LogP) is 3.04. The fraction of sp³-hybridized carbons (Fsp3) is 0.190. The summed E-state index contributed by atoms with van der Waals surface area (Å²) in [6.07, 6.45) is -10.2. The lowest BCUT2D eigenvalue weighted by atomic mass is 10.1. The number of alkyl halides is 6. The Morgan fingerprint density at radius 1 is 0.789 bits per heavy atom. The standard InChI is InChI=1S/C17H19N5OS.2C2HF3O2/c18-15(19)11-4-6-12(7-5-11)17(23)22-8-9-24-14-3-1-2-13(10-14)16(20)21;2*3-2(4,5)1(6)7/h1-7,10H,8-9H2,(H3,18,19)(H3,20,21)(H,22,23);2*(H,6,7). The number of nitrogens with one attached hydrogen (secondary N) is 3. The van der Waals surface area contributed by atoms with E-state index in [1.165, 1.54) is 0 Å².